The zero-order chi connectivity index (χ0) is 8.97. The fourth-order valence-corrected chi connectivity index (χ4v) is 1.23. The maximum Gasteiger partial charge on any atom is 0.250 e. The number of halogens is 1. The lowest BCUT2D eigenvalue weighted by Crippen LogP contribution is -2.17. The quantitative estimate of drug-likeness (QED) is 0.768. The topological polar surface area (TPSA) is 45.8 Å². The number of nitrogens with zero attached hydrogens (tertiary/aromatic N) is 2. The van der Waals surface area contributed by atoms with Gasteiger partial charge in [0.15, 0.2) is 0 Å². The van der Waals surface area contributed by atoms with Crippen LogP contribution in [-0.2, 0) is 6.54 Å². The first-order valence-corrected chi connectivity index (χ1v) is 4.26. The van der Waals surface area contributed by atoms with Crippen molar-refractivity contribution >= 4 is 15.9 Å². The van der Waals surface area contributed by atoms with E-state index in [1.807, 2.05) is 6.07 Å². The van der Waals surface area contributed by atoms with Gasteiger partial charge in [0.25, 0.3) is 5.56 Å². The second kappa shape index (κ2) is 4.07. The lowest BCUT2D eigenvalue weighted by atomic mass is 10.4. The molecule has 1 heterocycles. The van der Waals surface area contributed by atoms with Crippen LogP contribution in [0.4, 0.5) is 0 Å². The van der Waals surface area contributed by atoms with Gasteiger partial charge in [-0.15, -0.1) is 0 Å². The minimum atomic E-state index is -0.0755. The minimum Gasteiger partial charge on any atom is -0.313 e. The Kier molecular flexibility index (Phi) is 3.06. The number of nitriles is 1. The molecule has 0 spiro atoms. The SMILES string of the molecule is N#CCCn1cc(Br)ccc1=O. The van der Waals surface area contributed by atoms with Gasteiger partial charge in [0.2, 0.25) is 0 Å². The molecule has 0 bridgehead atoms. The van der Waals surface area contributed by atoms with E-state index in [1.165, 1.54) is 10.6 Å². The zero-order valence-corrected chi connectivity index (χ0v) is 7.91. The predicted molar refractivity (Wildman–Crippen MR) is 48.6 cm³/mol. The molecular weight excluding hydrogens is 220 g/mol. The highest BCUT2D eigenvalue weighted by molar-refractivity contribution is 9.10. The molecule has 0 N–H and O–H groups in total. The van der Waals surface area contributed by atoms with E-state index in [-0.39, 0.29) is 5.56 Å². The van der Waals surface area contributed by atoms with Crippen LogP contribution in [0.5, 0.6) is 0 Å². The second-order valence-electron chi connectivity index (χ2n) is 2.29. The standard InChI is InChI=1S/C8H7BrN2O/c9-7-2-3-8(12)11(6-7)5-1-4-10/h2-3,6H,1,5H2. The largest absolute Gasteiger partial charge is 0.313 e. The number of rotatable bonds is 2. The number of hydrogen-bond acceptors (Lipinski definition) is 2. The van der Waals surface area contributed by atoms with Crippen LogP contribution < -0.4 is 5.56 Å². The van der Waals surface area contributed by atoms with E-state index >= 15 is 0 Å². The highest BCUT2D eigenvalue weighted by atomic mass is 79.9. The molecule has 3 nitrogen and oxygen atoms in total. The van der Waals surface area contributed by atoms with Crippen molar-refractivity contribution in [3.8, 4) is 6.07 Å². The molecule has 0 saturated carbocycles. The summed E-state index contributed by atoms with van der Waals surface area (Å²) in [6.45, 7) is 0.453. The first kappa shape index (κ1) is 9.01. The summed E-state index contributed by atoms with van der Waals surface area (Å²) >= 11 is 3.25. The van der Waals surface area contributed by atoms with Gasteiger partial charge in [-0.25, -0.2) is 0 Å². The van der Waals surface area contributed by atoms with Crippen molar-refractivity contribution in [3.05, 3.63) is 33.2 Å². The van der Waals surface area contributed by atoms with Crippen LogP contribution in [0.1, 0.15) is 6.42 Å². The second-order valence-corrected chi connectivity index (χ2v) is 3.20. The van der Waals surface area contributed by atoms with Gasteiger partial charge in [-0.1, -0.05) is 0 Å². The third-order valence-corrected chi connectivity index (χ3v) is 1.88. The first-order chi connectivity index (χ1) is 5.74. The van der Waals surface area contributed by atoms with Crippen molar-refractivity contribution in [2.45, 2.75) is 13.0 Å². The first-order valence-electron chi connectivity index (χ1n) is 3.47. The fraction of sp³-hybridized carbons (Fsp3) is 0.250. The molecule has 1 aromatic heterocycles. The number of aryl methyl sites for hydroxylation is 1. The summed E-state index contributed by atoms with van der Waals surface area (Å²) in [6.07, 6.45) is 2.04. The molecule has 1 rings (SSSR count). The van der Waals surface area contributed by atoms with Crippen molar-refractivity contribution in [3.63, 3.8) is 0 Å². The lowest BCUT2D eigenvalue weighted by Gasteiger charge is -2.01. The summed E-state index contributed by atoms with van der Waals surface area (Å²) < 4.78 is 2.35. The van der Waals surface area contributed by atoms with Gasteiger partial charge < -0.3 is 4.57 Å². The van der Waals surface area contributed by atoms with Crippen molar-refractivity contribution in [2.24, 2.45) is 0 Å². The molecule has 4 heteroatoms. The third-order valence-electron chi connectivity index (χ3n) is 1.41. The molecule has 0 aliphatic rings. The highest BCUT2D eigenvalue weighted by Gasteiger charge is 1.94. The molecule has 0 radical (unpaired) electrons. The highest BCUT2D eigenvalue weighted by Crippen LogP contribution is 2.04. The van der Waals surface area contributed by atoms with Gasteiger partial charge in [0, 0.05) is 23.3 Å². The number of hydrogen-bond donors (Lipinski definition) is 0. The van der Waals surface area contributed by atoms with Crippen LogP contribution in [0.15, 0.2) is 27.6 Å². The number of pyridine rings is 1. The maximum atomic E-state index is 11.1. The molecule has 0 aliphatic carbocycles. The van der Waals surface area contributed by atoms with Gasteiger partial charge in [0.1, 0.15) is 0 Å². The molecular formula is C8H7BrN2O. The summed E-state index contributed by atoms with van der Waals surface area (Å²) in [6, 6.07) is 5.15. The fourth-order valence-electron chi connectivity index (χ4n) is 0.847. The van der Waals surface area contributed by atoms with E-state index in [0.29, 0.717) is 13.0 Å². The van der Waals surface area contributed by atoms with Crippen molar-refractivity contribution in [1.29, 1.82) is 5.26 Å². The maximum absolute atomic E-state index is 11.1. The summed E-state index contributed by atoms with van der Waals surface area (Å²) in [7, 11) is 0. The van der Waals surface area contributed by atoms with Crippen LogP contribution in [0, 0.1) is 11.3 Å². The van der Waals surface area contributed by atoms with Crippen LogP contribution in [-0.4, -0.2) is 4.57 Å². The Hall–Kier alpha value is -1.08. The smallest absolute Gasteiger partial charge is 0.250 e. The Labute approximate surface area is 78.4 Å². The van der Waals surface area contributed by atoms with Gasteiger partial charge in [0.05, 0.1) is 12.5 Å². The Morgan fingerprint density at radius 3 is 3.00 bits per heavy atom. The van der Waals surface area contributed by atoms with Crippen molar-refractivity contribution in [1.82, 2.24) is 4.57 Å². The molecule has 0 fully saturated rings. The Morgan fingerprint density at radius 1 is 1.58 bits per heavy atom. The Morgan fingerprint density at radius 2 is 2.33 bits per heavy atom. The van der Waals surface area contributed by atoms with Crippen LogP contribution in [0.25, 0.3) is 0 Å². The predicted octanol–water partition coefficient (Wildman–Crippen LogP) is 1.52. The summed E-state index contributed by atoms with van der Waals surface area (Å²) in [5.41, 5.74) is -0.0755. The summed E-state index contributed by atoms with van der Waals surface area (Å²) in [4.78, 5) is 11.1. The van der Waals surface area contributed by atoms with E-state index in [2.05, 4.69) is 15.9 Å². The molecule has 12 heavy (non-hydrogen) atoms. The van der Waals surface area contributed by atoms with E-state index < -0.39 is 0 Å². The van der Waals surface area contributed by atoms with Gasteiger partial charge in [-0.3, -0.25) is 4.79 Å². The normalized spacial score (nSPS) is 9.33. The average molecular weight is 227 g/mol. The molecule has 0 aromatic carbocycles. The van der Waals surface area contributed by atoms with E-state index in [9.17, 15) is 4.79 Å². The molecule has 0 amide bonds. The minimum absolute atomic E-state index is 0.0755. The lowest BCUT2D eigenvalue weighted by molar-refractivity contribution is 0.684. The van der Waals surface area contributed by atoms with Gasteiger partial charge in [-0.05, 0) is 22.0 Å². The van der Waals surface area contributed by atoms with Crippen molar-refractivity contribution < 1.29 is 0 Å². The van der Waals surface area contributed by atoms with Crippen LogP contribution in [0.3, 0.4) is 0 Å². The zero-order valence-electron chi connectivity index (χ0n) is 6.33. The molecule has 1 aromatic rings. The third kappa shape index (κ3) is 2.21. The van der Waals surface area contributed by atoms with E-state index in [4.69, 9.17) is 5.26 Å². The summed E-state index contributed by atoms with van der Waals surface area (Å²) in [5.74, 6) is 0. The van der Waals surface area contributed by atoms with E-state index in [0.717, 1.165) is 4.47 Å². The molecule has 62 valence electrons. The Balaban J connectivity index is 2.92. The molecule has 0 atom stereocenters. The van der Waals surface area contributed by atoms with Crippen LogP contribution in [0.2, 0.25) is 0 Å². The van der Waals surface area contributed by atoms with Crippen LogP contribution >= 0.6 is 15.9 Å². The van der Waals surface area contributed by atoms with Crippen molar-refractivity contribution in [2.75, 3.05) is 0 Å². The molecule has 0 unspecified atom stereocenters. The molecule has 0 saturated heterocycles. The molecule has 0 aliphatic heterocycles. The average Bonchev–Trinajstić information content (AvgIpc) is 2.07. The van der Waals surface area contributed by atoms with Gasteiger partial charge in [-0.2, -0.15) is 5.26 Å². The Bertz CT molecular complexity index is 364. The number of aromatic nitrogens is 1. The van der Waals surface area contributed by atoms with Gasteiger partial charge >= 0.3 is 0 Å². The monoisotopic (exact) mass is 226 g/mol. The summed E-state index contributed by atoms with van der Waals surface area (Å²) in [5, 5.41) is 8.31. The van der Waals surface area contributed by atoms with E-state index in [1.54, 1.807) is 12.3 Å².